The Morgan fingerprint density at radius 1 is 1.40 bits per heavy atom. The minimum absolute atomic E-state index is 0.0811. The fraction of sp³-hybridized carbons (Fsp3) is 1.00. The molecule has 5 nitrogen and oxygen atoms in total. The number of rotatable bonds is 9. The molecule has 0 aromatic carbocycles. The van der Waals surface area contributed by atoms with Crippen LogP contribution in [0.15, 0.2) is 0 Å². The van der Waals surface area contributed by atoms with Gasteiger partial charge in [0.2, 0.25) is 10.0 Å². The molecule has 0 aliphatic carbocycles. The van der Waals surface area contributed by atoms with Crippen LogP contribution in [-0.2, 0) is 14.8 Å². The number of piperidine rings is 1. The third-order valence-electron chi connectivity index (χ3n) is 3.53. The molecule has 1 unspecified atom stereocenters. The van der Waals surface area contributed by atoms with Crippen LogP contribution >= 0.6 is 0 Å². The van der Waals surface area contributed by atoms with E-state index >= 15 is 0 Å². The minimum Gasteiger partial charge on any atom is -0.378 e. The highest BCUT2D eigenvalue weighted by Gasteiger charge is 2.28. The van der Waals surface area contributed by atoms with Gasteiger partial charge >= 0.3 is 0 Å². The molecular weight excluding hydrogens is 276 g/mol. The van der Waals surface area contributed by atoms with Gasteiger partial charge in [-0.15, -0.1) is 0 Å². The Balaban J connectivity index is 2.40. The molecule has 0 radical (unpaired) electrons. The predicted octanol–water partition coefficient (Wildman–Crippen LogP) is 1.45. The summed E-state index contributed by atoms with van der Waals surface area (Å²) < 4.78 is 31.5. The van der Waals surface area contributed by atoms with Crippen LogP contribution in [0.5, 0.6) is 0 Å². The first-order valence-corrected chi connectivity index (χ1v) is 9.36. The fourth-order valence-corrected chi connectivity index (χ4v) is 3.86. The Morgan fingerprint density at radius 2 is 2.15 bits per heavy atom. The molecule has 1 aliphatic heterocycles. The van der Waals surface area contributed by atoms with Crippen LogP contribution in [0, 0.1) is 5.92 Å². The van der Waals surface area contributed by atoms with E-state index in [0.717, 1.165) is 32.4 Å². The number of sulfonamides is 1. The lowest BCUT2D eigenvalue weighted by molar-refractivity contribution is 0.0904. The average Bonchev–Trinajstić information content (AvgIpc) is 2.39. The molecule has 120 valence electrons. The van der Waals surface area contributed by atoms with Gasteiger partial charge in [0, 0.05) is 13.1 Å². The van der Waals surface area contributed by atoms with E-state index in [0.29, 0.717) is 19.0 Å². The molecule has 1 aliphatic rings. The van der Waals surface area contributed by atoms with Crippen molar-refractivity contribution in [3.63, 3.8) is 0 Å². The molecule has 1 saturated heterocycles. The summed E-state index contributed by atoms with van der Waals surface area (Å²) in [5, 5.41) is 3.39. The predicted molar refractivity (Wildman–Crippen MR) is 82.3 cm³/mol. The third kappa shape index (κ3) is 6.52. The molecule has 1 fully saturated rings. The Kier molecular flexibility index (Phi) is 8.02. The van der Waals surface area contributed by atoms with Gasteiger partial charge in [0.05, 0.1) is 18.5 Å². The summed E-state index contributed by atoms with van der Waals surface area (Å²) >= 11 is 0. The molecule has 0 amide bonds. The summed E-state index contributed by atoms with van der Waals surface area (Å²) in [5.74, 6) is 0.538. The van der Waals surface area contributed by atoms with E-state index in [1.165, 1.54) is 0 Å². The van der Waals surface area contributed by atoms with Gasteiger partial charge in [-0.1, -0.05) is 6.92 Å². The summed E-state index contributed by atoms with van der Waals surface area (Å²) in [6, 6.07) is 0. The Labute approximate surface area is 124 Å². The molecule has 0 aromatic heterocycles. The summed E-state index contributed by atoms with van der Waals surface area (Å²) in [6.07, 6.45) is 3.27. The van der Waals surface area contributed by atoms with Gasteiger partial charge < -0.3 is 10.1 Å². The zero-order valence-corrected chi connectivity index (χ0v) is 13.9. The molecule has 1 N–H and O–H groups in total. The monoisotopic (exact) mass is 306 g/mol. The highest BCUT2D eigenvalue weighted by Crippen LogP contribution is 2.19. The maximum absolute atomic E-state index is 12.3. The van der Waals surface area contributed by atoms with Gasteiger partial charge in [0.1, 0.15) is 0 Å². The van der Waals surface area contributed by atoms with Crippen molar-refractivity contribution in [1.29, 1.82) is 0 Å². The van der Waals surface area contributed by atoms with Crippen molar-refractivity contribution >= 4 is 10.0 Å². The first-order valence-electron chi connectivity index (χ1n) is 7.76. The van der Waals surface area contributed by atoms with Gasteiger partial charge in [0.25, 0.3) is 0 Å². The van der Waals surface area contributed by atoms with Crippen molar-refractivity contribution in [2.24, 2.45) is 5.92 Å². The number of ether oxygens (including phenoxy) is 1. The van der Waals surface area contributed by atoms with Crippen molar-refractivity contribution in [2.45, 2.75) is 46.1 Å². The van der Waals surface area contributed by atoms with Gasteiger partial charge in [-0.25, -0.2) is 12.7 Å². The van der Waals surface area contributed by atoms with E-state index in [-0.39, 0.29) is 18.5 Å². The molecule has 1 atom stereocenters. The van der Waals surface area contributed by atoms with E-state index in [1.54, 1.807) is 4.31 Å². The lowest BCUT2D eigenvalue weighted by atomic mass is 10.00. The number of hydrogen-bond acceptors (Lipinski definition) is 4. The highest BCUT2D eigenvalue weighted by atomic mass is 32.2. The first kappa shape index (κ1) is 17.9. The molecule has 1 heterocycles. The molecule has 20 heavy (non-hydrogen) atoms. The van der Waals surface area contributed by atoms with Crippen molar-refractivity contribution in [1.82, 2.24) is 9.62 Å². The number of nitrogens with one attached hydrogen (secondary N) is 1. The molecule has 0 aromatic rings. The van der Waals surface area contributed by atoms with Crippen molar-refractivity contribution in [2.75, 3.05) is 38.5 Å². The van der Waals surface area contributed by atoms with Gasteiger partial charge in [-0.3, -0.25) is 0 Å². The lowest BCUT2D eigenvalue weighted by Gasteiger charge is -2.32. The van der Waals surface area contributed by atoms with Gasteiger partial charge in [-0.05, 0) is 52.1 Å². The van der Waals surface area contributed by atoms with E-state index in [4.69, 9.17) is 4.74 Å². The Hall–Kier alpha value is -0.170. The van der Waals surface area contributed by atoms with Crippen molar-refractivity contribution < 1.29 is 13.2 Å². The average molecular weight is 306 g/mol. The molecule has 6 heteroatoms. The first-order chi connectivity index (χ1) is 9.45. The smallest absolute Gasteiger partial charge is 0.216 e. The van der Waals surface area contributed by atoms with Crippen LogP contribution < -0.4 is 5.32 Å². The molecule has 0 bridgehead atoms. The summed E-state index contributed by atoms with van der Waals surface area (Å²) in [5.41, 5.74) is 0. The van der Waals surface area contributed by atoms with Crippen LogP contribution in [0.4, 0.5) is 0 Å². The molecule has 0 spiro atoms. The van der Waals surface area contributed by atoms with Crippen LogP contribution in [0.3, 0.4) is 0 Å². The van der Waals surface area contributed by atoms with E-state index in [9.17, 15) is 8.42 Å². The molecule has 0 saturated carbocycles. The van der Waals surface area contributed by atoms with Gasteiger partial charge in [-0.2, -0.15) is 0 Å². The zero-order chi connectivity index (χ0) is 15.0. The fourth-order valence-electron chi connectivity index (χ4n) is 2.45. The van der Waals surface area contributed by atoms with Crippen LogP contribution in [0.1, 0.15) is 40.0 Å². The topological polar surface area (TPSA) is 58.6 Å². The van der Waals surface area contributed by atoms with E-state index < -0.39 is 10.0 Å². The van der Waals surface area contributed by atoms with Gasteiger partial charge in [0.15, 0.2) is 0 Å². The van der Waals surface area contributed by atoms with E-state index in [2.05, 4.69) is 12.2 Å². The Morgan fingerprint density at radius 3 is 2.80 bits per heavy atom. The molecule has 1 rings (SSSR count). The number of hydrogen-bond donors (Lipinski definition) is 1. The maximum Gasteiger partial charge on any atom is 0.216 e. The second kappa shape index (κ2) is 8.97. The second-order valence-corrected chi connectivity index (χ2v) is 7.89. The maximum atomic E-state index is 12.3. The normalized spacial score (nSPS) is 21.5. The summed E-state index contributed by atoms with van der Waals surface area (Å²) in [6.45, 7) is 9.50. The van der Waals surface area contributed by atoms with Crippen molar-refractivity contribution in [3.05, 3.63) is 0 Å². The quantitative estimate of drug-likeness (QED) is 0.655. The van der Waals surface area contributed by atoms with Crippen LogP contribution in [-0.4, -0.2) is 57.4 Å². The Bertz CT molecular complexity index is 357. The summed E-state index contributed by atoms with van der Waals surface area (Å²) in [7, 11) is -3.16. The van der Waals surface area contributed by atoms with E-state index in [1.807, 2.05) is 13.8 Å². The summed E-state index contributed by atoms with van der Waals surface area (Å²) in [4.78, 5) is 0. The largest absolute Gasteiger partial charge is 0.378 e. The standard InChI is InChI=1S/C14H30N2O3S/c1-4-7-15-11-14-6-5-8-16(12-14)20(17,18)10-9-19-13(2)3/h13-15H,4-12H2,1-3H3. The third-order valence-corrected chi connectivity index (χ3v) is 5.33. The second-order valence-electron chi connectivity index (χ2n) is 5.81. The SMILES string of the molecule is CCCNCC1CCCN(S(=O)(=O)CCOC(C)C)C1. The lowest BCUT2D eigenvalue weighted by Crippen LogP contribution is -2.44. The minimum atomic E-state index is -3.16. The zero-order valence-electron chi connectivity index (χ0n) is 13.1. The van der Waals surface area contributed by atoms with Crippen molar-refractivity contribution in [3.8, 4) is 0 Å². The van der Waals surface area contributed by atoms with Crippen LogP contribution in [0.2, 0.25) is 0 Å². The highest BCUT2D eigenvalue weighted by molar-refractivity contribution is 7.89. The van der Waals surface area contributed by atoms with Crippen LogP contribution in [0.25, 0.3) is 0 Å². The molecular formula is C14H30N2O3S. The number of nitrogens with zero attached hydrogens (tertiary/aromatic N) is 1.